The van der Waals surface area contributed by atoms with E-state index in [1.165, 1.54) is 12.7 Å². The van der Waals surface area contributed by atoms with Crippen LogP contribution in [0.5, 0.6) is 5.88 Å². The molecule has 4 heterocycles. The Labute approximate surface area is 202 Å². The number of allylic oxidation sites excluding steroid dienone is 1. The number of benzene rings is 1. The highest BCUT2D eigenvalue weighted by Crippen LogP contribution is 2.33. The summed E-state index contributed by atoms with van der Waals surface area (Å²) in [4.78, 5) is 19.4. The Hall–Kier alpha value is -3.91. The van der Waals surface area contributed by atoms with Gasteiger partial charge in [-0.15, -0.1) is 0 Å². The molecule has 172 valence electrons. The smallest absolute Gasteiger partial charge is 0.214 e. The summed E-state index contributed by atoms with van der Waals surface area (Å²) in [6.07, 6.45) is 9.85. The molecule has 5 rings (SSSR count). The van der Waals surface area contributed by atoms with Crippen molar-refractivity contribution in [1.29, 1.82) is 0 Å². The van der Waals surface area contributed by atoms with E-state index in [4.69, 9.17) is 20.8 Å². The van der Waals surface area contributed by atoms with E-state index in [1.807, 2.05) is 18.2 Å². The van der Waals surface area contributed by atoms with Gasteiger partial charge in [0.05, 0.1) is 22.9 Å². The summed E-state index contributed by atoms with van der Waals surface area (Å²) in [5.41, 5.74) is 3.19. The Morgan fingerprint density at radius 2 is 2.03 bits per heavy atom. The summed E-state index contributed by atoms with van der Waals surface area (Å²) in [5.74, 6) is 1.77. The van der Waals surface area contributed by atoms with Gasteiger partial charge < -0.3 is 19.4 Å². The number of piperidine rings is 1. The first-order valence-electron chi connectivity index (χ1n) is 10.9. The highest BCUT2D eigenvalue weighted by atomic mass is 35.5. The summed E-state index contributed by atoms with van der Waals surface area (Å²) in [6.45, 7) is 9.58. The molecule has 1 fully saturated rings. The SMILES string of the molecule is C=CC(=C)N1CCC(Oc2cc3c(Nc4ccc(Cl)c(-c5cnco5)c4)ncnc3cn2)CC1. The molecule has 1 aromatic carbocycles. The highest BCUT2D eigenvalue weighted by Gasteiger charge is 2.21. The fourth-order valence-corrected chi connectivity index (χ4v) is 4.15. The van der Waals surface area contributed by atoms with Gasteiger partial charge in [0.2, 0.25) is 5.88 Å². The highest BCUT2D eigenvalue weighted by molar-refractivity contribution is 6.33. The van der Waals surface area contributed by atoms with Crippen molar-refractivity contribution in [3.63, 3.8) is 0 Å². The van der Waals surface area contributed by atoms with Crippen LogP contribution in [0.15, 0.2) is 78.7 Å². The molecule has 0 radical (unpaired) electrons. The number of halogens is 1. The molecule has 9 heteroatoms. The molecular formula is C25H23ClN6O2. The number of likely N-dealkylation sites (tertiary alicyclic amines) is 1. The predicted molar refractivity (Wildman–Crippen MR) is 132 cm³/mol. The van der Waals surface area contributed by atoms with Gasteiger partial charge in [-0.25, -0.2) is 19.9 Å². The van der Waals surface area contributed by atoms with Crippen LogP contribution in [0.25, 0.3) is 22.2 Å². The second-order valence-corrected chi connectivity index (χ2v) is 8.35. The Morgan fingerprint density at radius 3 is 2.79 bits per heavy atom. The van der Waals surface area contributed by atoms with Crippen molar-refractivity contribution < 1.29 is 9.15 Å². The van der Waals surface area contributed by atoms with Gasteiger partial charge in [-0.3, -0.25) is 0 Å². The number of pyridine rings is 1. The minimum absolute atomic E-state index is 0.0839. The van der Waals surface area contributed by atoms with Crippen molar-refractivity contribution in [1.82, 2.24) is 24.8 Å². The first kappa shape index (κ1) is 21.9. The van der Waals surface area contributed by atoms with Gasteiger partial charge >= 0.3 is 0 Å². The van der Waals surface area contributed by atoms with Gasteiger partial charge in [0.1, 0.15) is 18.2 Å². The zero-order valence-electron chi connectivity index (χ0n) is 18.4. The molecule has 0 bridgehead atoms. The van der Waals surface area contributed by atoms with E-state index in [1.54, 1.807) is 24.5 Å². The van der Waals surface area contributed by atoms with Crippen molar-refractivity contribution in [2.45, 2.75) is 18.9 Å². The topological polar surface area (TPSA) is 89.2 Å². The van der Waals surface area contributed by atoms with E-state index in [0.717, 1.165) is 48.3 Å². The predicted octanol–water partition coefficient (Wildman–Crippen LogP) is 5.62. The molecular weight excluding hydrogens is 452 g/mol. The van der Waals surface area contributed by atoms with E-state index in [0.29, 0.717) is 28.0 Å². The van der Waals surface area contributed by atoms with Crippen LogP contribution in [-0.4, -0.2) is 44.0 Å². The Bertz CT molecular complexity index is 1330. The number of oxazole rings is 1. The lowest BCUT2D eigenvalue weighted by molar-refractivity contribution is 0.115. The molecule has 8 nitrogen and oxygen atoms in total. The molecule has 1 aliphatic rings. The van der Waals surface area contributed by atoms with Crippen LogP contribution in [0.2, 0.25) is 5.02 Å². The standard InChI is InChI=1S/C25H23ClN6O2/c1-3-16(2)32-8-6-18(7-9-32)34-24-11-20-22(12-28-24)29-14-30-25(20)31-17-4-5-21(26)19(10-17)23-13-27-15-33-23/h3-5,10-15,18H,1-2,6-9H2,(H,29,30,31). The van der Waals surface area contributed by atoms with Crippen LogP contribution in [0.4, 0.5) is 11.5 Å². The van der Waals surface area contributed by atoms with Crippen LogP contribution < -0.4 is 10.1 Å². The lowest BCUT2D eigenvalue weighted by Crippen LogP contribution is -2.37. The second-order valence-electron chi connectivity index (χ2n) is 7.95. The molecule has 34 heavy (non-hydrogen) atoms. The van der Waals surface area contributed by atoms with Gasteiger partial charge in [-0.05, 0) is 24.3 Å². The van der Waals surface area contributed by atoms with Gasteiger partial charge in [0.25, 0.3) is 0 Å². The fourth-order valence-electron chi connectivity index (χ4n) is 3.94. The number of anilines is 2. The molecule has 3 aromatic heterocycles. The number of fused-ring (bicyclic) bond motifs is 1. The third-order valence-corrected chi connectivity index (χ3v) is 6.12. The monoisotopic (exact) mass is 474 g/mol. The van der Waals surface area contributed by atoms with Gasteiger partial charge in [0, 0.05) is 54.3 Å². The van der Waals surface area contributed by atoms with Crippen molar-refractivity contribution in [2.75, 3.05) is 18.4 Å². The number of hydrogen-bond acceptors (Lipinski definition) is 8. The van der Waals surface area contributed by atoms with Crippen LogP contribution >= 0.6 is 11.6 Å². The maximum Gasteiger partial charge on any atom is 0.214 e. The zero-order valence-corrected chi connectivity index (χ0v) is 19.2. The number of hydrogen-bond donors (Lipinski definition) is 1. The lowest BCUT2D eigenvalue weighted by atomic mass is 10.1. The van der Waals surface area contributed by atoms with Crippen molar-refractivity contribution >= 4 is 34.0 Å². The molecule has 0 spiro atoms. The molecule has 1 N–H and O–H groups in total. The van der Waals surface area contributed by atoms with E-state index in [-0.39, 0.29) is 6.10 Å². The normalized spacial score (nSPS) is 14.2. The lowest BCUT2D eigenvalue weighted by Gasteiger charge is -2.33. The number of rotatable bonds is 7. The molecule has 0 saturated carbocycles. The fraction of sp³-hybridized carbons (Fsp3) is 0.200. The minimum atomic E-state index is 0.0839. The third-order valence-electron chi connectivity index (χ3n) is 5.79. The van der Waals surface area contributed by atoms with Crippen molar-refractivity contribution in [2.24, 2.45) is 0 Å². The minimum Gasteiger partial charge on any atom is -0.474 e. The Morgan fingerprint density at radius 1 is 1.18 bits per heavy atom. The maximum absolute atomic E-state index is 6.35. The van der Waals surface area contributed by atoms with Crippen molar-refractivity contribution in [3.05, 3.63) is 79.3 Å². The summed E-state index contributed by atoms with van der Waals surface area (Å²) in [5, 5.41) is 4.72. The summed E-state index contributed by atoms with van der Waals surface area (Å²) in [7, 11) is 0. The van der Waals surface area contributed by atoms with Crippen LogP contribution in [0, 0.1) is 0 Å². The number of aromatic nitrogens is 4. The van der Waals surface area contributed by atoms with Crippen LogP contribution in [0.1, 0.15) is 12.8 Å². The van der Waals surface area contributed by atoms with Crippen LogP contribution in [-0.2, 0) is 0 Å². The number of nitrogens with zero attached hydrogens (tertiary/aromatic N) is 5. The molecule has 1 saturated heterocycles. The molecule has 4 aromatic rings. The molecule has 0 amide bonds. The Balaban J connectivity index is 1.36. The quantitative estimate of drug-likeness (QED) is 0.345. The van der Waals surface area contributed by atoms with E-state index >= 15 is 0 Å². The molecule has 0 unspecified atom stereocenters. The van der Waals surface area contributed by atoms with E-state index < -0.39 is 0 Å². The third kappa shape index (κ3) is 4.58. The van der Waals surface area contributed by atoms with Crippen molar-refractivity contribution in [3.8, 4) is 17.2 Å². The Kier molecular flexibility index (Phi) is 6.14. The van der Waals surface area contributed by atoms with Crippen LogP contribution in [0.3, 0.4) is 0 Å². The summed E-state index contributed by atoms with van der Waals surface area (Å²) >= 11 is 6.35. The summed E-state index contributed by atoms with van der Waals surface area (Å²) < 4.78 is 11.6. The number of ether oxygens (including phenoxy) is 1. The van der Waals surface area contributed by atoms with Gasteiger partial charge in [0.15, 0.2) is 12.2 Å². The van der Waals surface area contributed by atoms with E-state index in [9.17, 15) is 0 Å². The average molecular weight is 475 g/mol. The second kappa shape index (κ2) is 9.52. The molecule has 1 aliphatic heterocycles. The molecule has 0 aliphatic carbocycles. The first-order valence-corrected chi connectivity index (χ1v) is 11.3. The largest absolute Gasteiger partial charge is 0.474 e. The average Bonchev–Trinajstić information content (AvgIpc) is 3.40. The zero-order chi connectivity index (χ0) is 23.5. The van der Waals surface area contributed by atoms with Gasteiger partial charge in [-0.2, -0.15) is 0 Å². The first-order chi connectivity index (χ1) is 16.6. The number of nitrogens with one attached hydrogen (secondary N) is 1. The van der Waals surface area contributed by atoms with Gasteiger partial charge in [-0.1, -0.05) is 24.8 Å². The summed E-state index contributed by atoms with van der Waals surface area (Å²) in [6, 6.07) is 7.44. The van der Waals surface area contributed by atoms with E-state index in [2.05, 4.69) is 43.3 Å². The maximum atomic E-state index is 6.35. The molecule has 0 atom stereocenters.